The summed E-state index contributed by atoms with van der Waals surface area (Å²) in [7, 11) is 0. The zero-order chi connectivity index (χ0) is 21.2. The van der Waals surface area contributed by atoms with Gasteiger partial charge in [-0.2, -0.15) is 0 Å². The van der Waals surface area contributed by atoms with Crippen molar-refractivity contribution in [2.75, 3.05) is 25.1 Å². The van der Waals surface area contributed by atoms with Crippen LogP contribution in [0.5, 0.6) is 5.75 Å². The quantitative estimate of drug-likeness (QED) is 0.659. The van der Waals surface area contributed by atoms with Gasteiger partial charge in [-0.1, -0.05) is 54.2 Å². The van der Waals surface area contributed by atoms with Gasteiger partial charge in [0.15, 0.2) is 5.82 Å². The van der Waals surface area contributed by atoms with Crippen molar-refractivity contribution in [3.8, 4) is 17.1 Å². The summed E-state index contributed by atoms with van der Waals surface area (Å²) in [5.41, 5.74) is 5.56. The summed E-state index contributed by atoms with van der Waals surface area (Å²) in [6, 6.07) is 17.7. The van der Waals surface area contributed by atoms with Crippen molar-refractivity contribution in [2.24, 2.45) is 0 Å². The molecule has 1 fully saturated rings. The summed E-state index contributed by atoms with van der Waals surface area (Å²) in [6.45, 7) is 4.25. The van der Waals surface area contributed by atoms with Crippen molar-refractivity contribution in [1.82, 2.24) is 19.8 Å². The second kappa shape index (κ2) is 8.63. The van der Waals surface area contributed by atoms with Gasteiger partial charge in [0.2, 0.25) is 11.1 Å². The highest BCUT2D eigenvalue weighted by atomic mass is 32.2. The van der Waals surface area contributed by atoms with E-state index in [0.29, 0.717) is 11.8 Å². The summed E-state index contributed by atoms with van der Waals surface area (Å²) in [4.78, 5) is 15.4. The van der Waals surface area contributed by atoms with Crippen LogP contribution in [0.2, 0.25) is 0 Å². The second-order valence-corrected chi connectivity index (χ2v) is 8.80. The van der Waals surface area contributed by atoms with E-state index in [0.717, 1.165) is 48.6 Å². The Morgan fingerprint density at radius 3 is 2.55 bits per heavy atom. The number of nitrogens with zero attached hydrogens (tertiary/aromatic N) is 4. The van der Waals surface area contributed by atoms with Gasteiger partial charge in [0.25, 0.3) is 0 Å². The minimum absolute atomic E-state index is 0.157. The number of carbonyl (C=O) groups is 1. The molecule has 0 bridgehead atoms. The Morgan fingerprint density at radius 2 is 1.84 bits per heavy atom. The average molecular weight is 436 g/mol. The monoisotopic (exact) mass is 435 g/mol. The standard InChI is InChI=1S/C23H25N5O2S/c1-2-30-18-12-10-16(11-13-18)19-20(22(29)27-14-6-7-15-27)31-23-25-24-21(28(23)26-19)17-8-4-3-5-9-17/h3-5,8-13,19-20,26H,2,6-7,14-15H2,1H3. The molecule has 2 unspecified atom stereocenters. The first-order chi connectivity index (χ1) is 15.2. The molecule has 2 aliphatic heterocycles. The zero-order valence-corrected chi connectivity index (χ0v) is 18.2. The third-order valence-corrected chi connectivity index (χ3v) is 6.88. The van der Waals surface area contributed by atoms with Crippen LogP contribution >= 0.6 is 11.8 Å². The number of benzene rings is 2. The zero-order valence-electron chi connectivity index (χ0n) is 17.4. The van der Waals surface area contributed by atoms with Crippen LogP contribution in [0.15, 0.2) is 59.8 Å². The number of nitrogens with one attached hydrogen (secondary N) is 1. The molecule has 1 saturated heterocycles. The molecule has 2 aromatic carbocycles. The van der Waals surface area contributed by atoms with Gasteiger partial charge in [0, 0.05) is 18.7 Å². The summed E-state index contributed by atoms with van der Waals surface area (Å²) < 4.78 is 7.51. The predicted molar refractivity (Wildman–Crippen MR) is 121 cm³/mol. The lowest BCUT2D eigenvalue weighted by Gasteiger charge is -2.35. The molecular weight excluding hydrogens is 410 g/mol. The van der Waals surface area contributed by atoms with Crippen LogP contribution in [-0.4, -0.2) is 50.6 Å². The fraction of sp³-hybridized carbons (Fsp3) is 0.348. The molecule has 5 rings (SSSR count). The van der Waals surface area contributed by atoms with E-state index in [1.54, 1.807) is 0 Å². The highest BCUT2D eigenvalue weighted by Crippen LogP contribution is 2.40. The molecule has 8 heteroatoms. The Labute approximate surface area is 185 Å². The average Bonchev–Trinajstić information content (AvgIpc) is 3.49. The molecule has 2 atom stereocenters. The molecule has 1 aromatic heterocycles. The maximum Gasteiger partial charge on any atom is 0.238 e. The minimum atomic E-state index is -0.309. The number of rotatable bonds is 5. The summed E-state index contributed by atoms with van der Waals surface area (Å²) in [5.74, 6) is 1.72. The Balaban J connectivity index is 1.51. The molecule has 0 aliphatic carbocycles. The minimum Gasteiger partial charge on any atom is -0.494 e. The number of aromatic nitrogens is 3. The predicted octanol–water partition coefficient (Wildman–Crippen LogP) is 3.73. The number of amides is 1. The summed E-state index contributed by atoms with van der Waals surface area (Å²) >= 11 is 1.49. The van der Waals surface area contributed by atoms with Gasteiger partial charge < -0.3 is 15.1 Å². The SMILES string of the molecule is CCOc1ccc(C2Nn3c(nnc3-c3ccccc3)SC2C(=O)N2CCCC2)cc1. The lowest BCUT2D eigenvalue weighted by Crippen LogP contribution is -2.45. The van der Waals surface area contributed by atoms with Crippen LogP contribution in [-0.2, 0) is 4.79 Å². The number of carbonyl (C=O) groups excluding carboxylic acids is 1. The summed E-state index contributed by atoms with van der Waals surface area (Å²) in [6.07, 6.45) is 2.14. The molecule has 0 saturated carbocycles. The van der Waals surface area contributed by atoms with Gasteiger partial charge in [-0.15, -0.1) is 10.2 Å². The van der Waals surface area contributed by atoms with Crippen LogP contribution in [0.4, 0.5) is 0 Å². The Morgan fingerprint density at radius 1 is 1.10 bits per heavy atom. The van der Waals surface area contributed by atoms with Gasteiger partial charge in [-0.05, 0) is 37.5 Å². The molecular formula is C23H25N5O2S. The highest BCUT2D eigenvalue weighted by molar-refractivity contribution is 8.00. The molecule has 7 nitrogen and oxygen atoms in total. The first-order valence-corrected chi connectivity index (χ1v) is 11.6. The van der Waals surface area contributed by atoms with Crippen LogP contribution < -0.4 is 10.2 Å². The van der Waals surface area contributed by atoms with Gasteiger partial charge in [-0.3, -0.25) is 4.79 Å². The van der Waals surface area contributed by atoms with Crippen LogP contribution in [0.3, 0.4) is 0 Å². The normalized spacial score (nSPS) is 20.2. The lowest BCUT2D eigenvalue weighted by molar-refractivity contribution is -0.129. The number of likely N-dealkylation sites (tertiary alicyclic amines) is 1. The third kappa shape index (κ3) is 3.87. The van der Waals surface area contributed by atoms with E-state index in [1.165, 1.54) is 11.8 Å². The van der Waals surface area contributed by atoms with Gasteiger partial charge in [0.05, 0.1) is 12.6 Å². The Hall–Kier alpha value is -3.00. The lowest BCUT2D eigenvalue weighted by atomic mass is 10.0. The molecule has 1 amide bonds. The molecule has 31 heavy (non-hydrogen) atoms. The first-order valence-electron chi connectivity index (χ1n) is 10.7. The molecule has 0 radical (unpaired) electrons. The van der Waals surface area contributed by atoms with Crippen molar-refractivity contribution < 1.29 is 9.53 Å². The topological polar surface area (TPSA) is 72.3 Å². The van der Waals surface area contributed by atoms with E-state index in [-0.39, 0.29) is 17.2 Å². The first kappa shape index (κ1) is 19.9. The highest BCUT2D eigenvalue weighted by Gasteiger charge is 2.40. The van der Waals surface area contributed by atoms with E-state index < -0.39 is 0 Å². The molecule has 0 spiro atoms. The van der Waals surface area contributed by atoms with Gasteiger partial charge >= 0.3 is 0 Å². The van der Waals surface area contributed by atoms with E-state index in [2.05, 4.69) is 15.6 Å². The van der Waals surface area contributed by atoms with Crippen molar-refractivity contribution in [2.45, 2.75) is 36.2 Å². The second-order valence-electron chi connectivity index (χ2n) is 7.69. The van der Waals surface area contributed by atoms with Crippen LogP contribution in [0.1, 0.15) is 31.4 Å². The number of hydrogen-bond acceptors (Lipinski definition) is 6. The number of fused-ring (bicyclic) bond motifs is 1. The van der Waals surface area contributed by atoms with Gasteiger partial charge in [0.1, 0.15) is 11.0 Å². The molecule has 3 heterocycles. The fourth-order valence-electron chi connectivity index (χ4n) is 4.12. The van der Waals surface area contributed by atoms with Crippen molar-refractivity contribution in [1.29, 1.82) is 0 Å². The summed E-state index contributed by atoms with van der Waals surface area (Å²) in [5, 5.41) is 9.19. The largest absolute Gasteiger partial charge is 0.494 e. The maximum atomic E-state index is 13.4. The van der Waals surface area contributed by atoms with Crippen molar-refractivity contribution in [3.63, 3.8) is 0 Å². The molecule has 1 N–H and O–H groups in total. The molecule has 160 valence electrons. The smallest absolute Gasteiger partial charge is 0.238 e. The van der Waals surface area contributed by atoms with E-state index in [9.17, 15) is 4.79 Å². The molecule has 3 aromatic rings. The number of thioether (sulfide) groups is 1. The maximum absolute atomic E-state index is 13.4. The van der Waals surface area contributed by atoms with Crippen molar-refractivity contribution in [3.05, 3.63) is 60.2 Å². The van der Waals surface area contributed by atoms with Crippen LogP contribution in [0.25, 0.3) is 11.4 Å². The Kier molecular flexibility index (Phi) is 5.55. The van der Waals surface area contributed by atoms with Crippen molar-refractivity contribution >= 4 is 17.7 Å². The van der Waals surface area contributed by atoms with E-state index in [1.807, 2.05) is 71.1 Å². The van der Waals surface area contributed by atoms with Gasteiger partial charge in [-0.25, -0.2) is 4.68 Å². The molecule has 2 aliphatic rings. The van der Waals surface area contributed by atoms with Crippen LogP contribution in [0, 0.1) is 0 Å². The van der Waals surface area contributed by atoms with E-state index >= 15 is 0 Å². The Bertz CT molecular complexity index is 1050. The van der Waals surface area contributed by atoms with E-state index in [4.69, 9.17) is 4.74 Å². The number of ether oxygens (including phenoxy) is 1. The third-order valence-electron chi connectivity index (χ3n) is 5.68. The fourth-order valence-corrected chi connectivity index (χ4v) is 5.29. The number of hydrogen-bond donors (Lipinski definition) is 1.